The highest BCUT2D eigenvalue weighted by atomic mass is 32.2. The lowest BCUT2D eigenvalue weighted by atomic mass is 10.3. The highest BCUT2D eigenvalue weighted by Gasteiger charge is 2.18. The summed E-state index contributed by atoms with van der Waals surface area (Å²) in [6.07, 6.45) is 0. The molecule has 0 aliphatic carbocycles. The molecular weight excluding hydrogens is 344 g/mol. The largest absolute Gasteiger partial charge is 0.497 e. The maximum atomic E-state index is 5.40. The van der Waals surface area contributed by atoms with Crippen LogP contribution in [0.5, 0.6) is 5.75 Å². The Morgan fingerprint density at radius 1 is 1.29 bits per heavy atom. The van der Waals surface area contributed by atoms with Gasteiger partial charge in [0.25, 0.3) is 0 Å². The molecule has 0 amide bonds. The molecule has 1 atom stereocenters. The molecule has 0 saturated carbocycles. The van der Waals surface area contributed by atoms with E-state index in [4.69, 9.17) is 9.26 Å². The molecule has 3 aromatic heterocycles. The van der Waals surface area contributed by atoms with Crippen molar-refractivity contribution in [3.8, 4) is 16.5 Å². The van der Waals surface area contributed by atoms with Crippen molar-refractivity contribution in [1.29, 1.82) is 0 Å². The molecule has 122 valence electrons. The van der Waals surface area contributed by atoms with E-state index in [1.807, 2.05) is 42.6 Å². The van der Waals surface area contributed by atoms with E-state index in [0.717, 1.165) is 26.8 Å². The van der Waals surface area contributed by atoms with Gasteiger partial charge in [-0.3, -0.25) is 0 Å². The van der Waals surface area contributed by atoms with Crippen LogP contribution in [0, 0.1) is 0 Å². The van der Waals surface area contributed by atoms with E-state index in [2.05, 4.69) is 20.1 Å². The van der Waals surface area contributed by atoms with Crippen LogP contribution in [0.2, 0.25) is 0 Å². The highest BCUT2D eigenvalue weighted by Crippen LogP contribution is 2.34. The van der Waals surface area contributed by atoms with E-state index in [1.165, 1.54) is 0 Å². The third kappa shape index (κ3) is 2.90. The quantitative estimate of drug-likeness (QED) is 0.528. The Morgan fingerprint density at radius 3 is 3.00 bits per heavy atom. The molecule has 0 saturated heterocycles. The number of imidazole rings is 1. The first-order valence-corrected chi connectivity index (χ1v) is 9.07. The Hall–Kier alpha value is -2.32. The molecule has 0 unspecified atom stereocenters. The summed E-state index contributed by atoms with van der Waals surface area (Å²) < 4.78 is 10.6. The van der Waals surface area contributed by atoms with Crippen molar-refractivity contribution in [3.63, 3.8) is 0 Å². The number of aromatic amines is 1. The SMILES string of the molecule is COc1ccc2nc(S[C@H](C)c3nc(-c4cccs4)no3)[nH]c2c1. The maximum absolute atomic E-state index is 5.40. The van der Waals surface area contributed by atoms with Gasteiger partial charge in [0.05, 0.1) is 28.3 Å². The number of nitrogens with zero attached hydrogens (tertiary/aromatic N) is 3. The first-order chi connectivity index (χ1) is 11.7. The number of hydrogen-bond donors (Lipinski definition) is 1. The predicted octanol–water partition coefficient (Wildman–Crippen LogP) is 4.54. The van der Waals surface area contributed by atoms with Crippen LogP contribution in [0.4, 0.5) is 0 Å². The van der Waals surface area contributed by atoms with Crippen molar-refractivity contribution in [3.05, 3.63) is 41.6 Å². The van der Waals surface area contributed by atoms with Crippen LogP contribution in [0.1, 0.15) is 18.1 Å². The fourth-order valence-corrected chi connectivity index (χ4v) is 3.77. The first kappa shape index (κ1) is 15.2. The van der Waals surface area contributed by atoms with Crippen molar-refractivity contribution >= 4 is 34.1 Å². The molecule has 0 radical (unpaired) electrons. The molecule has 1 N–H and O–H groups in total. The zero-order valence-corrected chi connectivity index (χ0v) is 14.6. The number of thioether (sulfide) groups is 1. The van der Waals surface area contributed by atoms with Gasteiger partial charge in [-0.05, 0) is 30.5 Å². The Balaban J connectivity index is 1.54. The lowest BCUT2D eigenvalue weighted by molar-refractivity contribution is 0.381. The van der Waals surface area contributed by atoms with Crippen LogP contribution in [0.3, 0.4) is 0 Å². The number of benzene rings is 1. The van der Waals surface area contributed by atoms with Crippen molar-refractivity contribution in [2.24, 2.45) is 0 Å². The average Bonchev–Trinajstić information content (AvgIpc) is 3.32. The summed E-state index contributed by atoms with van der Waals surface area (Å²) in [5, 5.41) is 6.84. The molecule has 4 aromatic rings. The van der Waals surface area contributed by atoms with E-state index in [-0.39, 0.29) is 5.25 Å². The van der Waals surface area contributed by atoms with Gasteiger partial charge >= 0.3 is 0 Å². The summed E-state index contributed by atoms with van der Waals surface area (Å²) in [5.74, 6) is 2.01. The number of aromatic nitrogens is 4. The van der Waals surface area contributed by atoms with Crippen LogP contribution in [0.15, 0.2) is 45.4 Å². The lowest BCUT2D eigenvalue weighted by Gasteiger charge is -2.02. The van der Waals surface area contributed by atoms with Gasteiger partial charge < -0.3 is 14.2 Å². The molecule has 4 rings (SSSR count). The molecule has 0 fully saturated rings. The third-order valence-corrected chi connectivity index (χ3v) is 5.32. The molecule has 3 heterocycles. The Labute approximate surface area is 146 Å². The highest BCUT2D eigenvalue weighted by molar-refractivity contribution is 7.99. The third-order valence-electron chi connectivity index (χ3n) is 3.49. The second kappa shape index (κ2) is 6.29. The Morgan fingerprint density at radius 2 is 2.21 bits per heavy atom. The number of nitrogens with one attached hydrogen (secondary N) is 1. The molecule has 0 aliphatic heterocycles. The zero-order valence-electron chi connectivity index (χ0n) is 13.0. The van der Waals surface area contributed by atoms with Crippen LogP contribution < -0.4 is 4.74 Å². The smallest absolute Gasteiger partial charge is 0.240 e. The second-order valence-electron chi connectivity index (χ2n) is 5.12. The number of fused-ring (bicyclic) bond motifs is 1. The maximum Gasteiger partial charge on any atom is 0.240 e. The predicted molar refractivity (Wildman–Crippen MR) is 94.5 cm³/mol. The normalized spacial score (nSPS) is 12.6. The van der Waals surface area contributed by atoms with E-state index in [1.54, 1.807) is 30.2 Å². The average molecular weight is 358 g/mol. The minimum absolute atomic E-state index is 0.00586. The van der Waals surface area contributed by atoms with Crippen molar-refractivity contribution in [2.45, 2.75) is 17.3 Å². The van der Waals surface area contributed by atoms with Gasteiger partial charge in [0.1, 0.15) is 5.75 Å². The summed E-state index contributed by atoms with van der Waals surface area (Å²) in [4.78, 5) is 13.3. The van der Waals surface area contributed by atoms with Crippen LogP contribution in [-0.4, -0.2) is 27.2 Å². The molecule has 6 nitrogen and oxygen atoms in total. The van der Waals surface area contributed by atoms with E-state index in [9.17, 15) is 0 Å². The summed E-state index contributed by atoms with van der Waals surface area (Å²) >= 11 is 3.14. The summed E-state index contributed by atoms with van der Waals surface area (Å²) in [5.41, 5.74) is 1.84. The number of H-pyrrole nitrogens is 1. The minimum Gasteiger partial charge on any atom is -0.497 e. The molecular formula is C16H14N4O2S2. The molecule has 24 heavy (non-hydrogen) atoms. The van der Waals surface area contributed by atoms with Crippen molar-refractivity contribution < 1.29 is 9.26 Å². The monoisotopic (exact) mass is 358 g/mol. The van der Waals surface area contributed by atoms with Crippen molar-refractivity contribution in [2.75, 3.05) is 7.11 Å². The number of methoxy groups -OCH3 is 1. The molecule has 0 spiro atoms. The van der Waals surface area contributed by atoms with Crippen molar-refractivity contribution in [1.82, 2.24) is 20.1 Å². The van der Waals surface area contributed by atoms with E-state index < -0.39 is 0 Å². The zero-order chi connectivity index (χ0) is 16.5. The number of rotatable bonds is 5. The summed E-state index contributed by atoms with van der Waals surface area (Å²) in [6.45, 7) is 2.02. The van der Waals surface area contributed by atoms with Gasteiger partial charge in [-0.25, -0.2) is 4.98 Å². The molecule has 0 bridgehead atoms. The fraction of sp³-hybridized carbons (Fsp3) is 0.188. The number of ether oxygens (including phenoxy) is 1. The fourth-order valence-electron chi connectivity index (χ4n) is 2.27. The van der Waals surface area contributed by atoms with Gasteiger partial charge in [0, 0.05) is 6.07 Å². The van der Waals surface area contributed by atoms with Gasteiger partial charge in [0.2, 0.25) is 11.7 Å². The Bertz CT molecular complexity index is 962. The summed E-state index contributed by atoms with van der Waals surface area (Å²) in [7, 11) is 1.65. The standard InChI is InChI=1S/C16H14N4O2S2/c1-9(15-19-14(20-22-15)13-4-3-7-23-13)24-16-17-11-6-5-10(21-2)8-12(11)18-16/h3-9H,1-2H3,(H,17,18)/t9-/m1/s1. The van der Waals surface area contributed by atoms with E-state index in [0.29, 0.717) is 11.7 Å². The van der Waals surface area contributed by atoms with Crippen LogP contribution in [0.25, 0.3) is 21.7 Å². The molecule has 1 aromatic carbocycles. The van der Waals surface area contributed by atoms with Gasteiger partial charge in [-0.2, -0.15) is 4.98 Å². The number of thiophene rings is 1. The molecule has 8 heteroatoms. The second-order valence-corrected chi connectivity index (χ2v) is 7.40. The van der Waals surface area contributed by atoms with Gasteiger partial charge in [0.15, 0.2) is 5.16 Å². The minimum atomic E-state index is -0.00586. The summed E-state index contributed by atoms with van der Waals surface area (Å²) in [6, 6.07) is 9.70. The Kier molecular flexibility index (Phi) is 3.99. The topological polar surface area (TPSA) is 76.8 Å². The number of hydrogen-bond acceptors (Lipinski definition) is 7. The van der Waals surface area contributed by atoms with E-state index >= 15 is 0 Å². The van der Waals surface area contributed by atoms with Crippen LogP contribution >= 0.6 is 23.1 Å². The van der Waals surface area contributed by atoms with Crippen LogP contribution in [-0.2, 0) is 0 Å². The lowest BCUT2D eigenvalue weighted by Crippen LogP contribution is -1.89. The first-order valence-electron chi connectivity index (χ1n) is 7.31. The van der Waals surface area contributed by atoms with Gasteiger partial charge in [-0.15, -0.1) is 11.3 Å². The van der Waals surface area contributed by atoms with Gasteiger partial charge in [-0.1, -0.05) is 23.0 Å². The molecule has 0 aliphatic rings.